The standard InChI is InChI=1S/C20H33N7O/c1-15-16(2)24(3)18(21-15)13-27-7-5-6-17(12-27)20-23-22-19(25(20)4)14-26-8-10-28-11-9-26/h17H,5-14H2,1-4H3/t17-/m1/s1. The number of likely N-dealkylation sites (tertiary alicyclic amines) is 1. The van der Waals surface area contributed by atoms with Crippen LogP contribution in [0.4, 0.5) is 0 Å². The number of rotatable bonds is 5. The van der Waals surface area contributed by atoms with Crippen molar-refractivity contribution in [2.45, 2.75) is 45.7 Å². The number of nitrogens with zero attached hydrogens (tertiary/aromatic N) is 7. The van der Waals surface area contributed by atoms with Gasteiger partial charge in [-0.25, -0.2) is 4.98 Å². The lowest BCUT2D eigenvalue weighted by Crippen LogP contribution is -2.37. The van der Waals surface area contributed by atoms with E-state index in [-0.39, 0.29) is 0 Å². The minimum absolute atomic E-state index is 0.437. The first kappa shape index (κ1) is 19.5. The zero-order valence-corrected chi connectivity index (χ0v) is 17.7. The second-order valence-electron chi connectivity index (χ2n) is 8.25. The molecule has 2 aromatic rings. The molecule has 0 saturated carbocycles. The van der Waals surface area contributed by atoms with Crippen LogP contribution in [0, 0.1) is 13.8 Å². The normalized spacial score (nSPS) is 22.1. The number of aryl methyl sites for hydroxylation is 1. The highest BCUT2D eigenvalue weighted by molar-refractivity contribution is 5.14. The summed E-state index contributed by atoms with van der Waals surface area (Å²) in [6.45, 7) is 11.7. The predicted molar refractivity (Wildman–Crippen MR) is 107 cm³/mol. The Morgan fingerprint density at radius 1 is 0.929 bits per heavy atom. The molecule has 8 nitrogen and oxygen atoms in total. The largest absolute Gasteiger partial charge is 0.379 e. The molecule has 28 heavy (non-hydrogen) atoms. The van der Waals surface area contributed by atoms with E-state index in [1.54, 1.807) is 0 Å². The Morgan fingerprint density at radius 2 is 1.68 bits per heavy atom. The van der Waals surface area contributed by atoms with Crippen LogP contribution in [-0.2, 0) is 31.9 Å². The average molecular weight is 388 g/mol. The van der Waals surface area contributed by atoms with E-state index >= 15 is 0 Å². The summed E-state index contributed by atoms with van der Waals surface area (Å²) in [5.74, 6) is 3.78. The monoisotopic (exact) mass is 387 g/mol. The van der Waals surface area contributed by atoms with Crippen LogP contribution in [0.25, 0.3) is 0 Å². The van der Waals surface area contributed by atoms with Gasteiger partial charge in [0.2, 0.25) is 0 Å². The zero-order valence-electron chi connectivity index (χ0n) is 17.7. The van der Waals surface area contributed by atoms with Gasteiger partial charge in [0.1, 0.15) is 17.5 Å². The third kappa shape index (κ3) is 3.99. The molecule has 0 spiro atoms. The van der Waals surface area contributed by atoms with Crippen LogP contribution in [0.5, 0.6) is 0 Å². The van der Waals surface area contributed by atoms with Gasteiger partial charge >= 0.3 is 0 Å². The highest BCUT2D eigenvalue weighted by Gasteiger charge is 2.27. The van der Waals surface area contributed by atoms with Crippen LogP contribution in [-0.4, -0.2) is 73.5 Å². The summed E-state index contributed by atoms with van der Waals surface area (Å²) >= 11 is 0. The van der Waals surface area contributed by atoms with Crippen LogP contribution < -0.4 is 0 Å². The van der Waals surface area contributed by atoms with Gasteiger partial charge in [-0.1, -0.05) is 0 Å². The highest BCUT2D eigenvalue weighted by Crippen LogP contribution is 2.27. The average Bonchev–Trinajstić information content (AvgIpc) is 3.18. The van der Waals surface area contributed by atoms with Crippen LogP contribution in [0.3, 0.4) is 0 Å². The maximum Gasteiger partial charge on any atom is 0.146 e. The van der Waals surface area contributed by atoms with Gasteiger partial charge in [0.15, 0.2) is 0 Å². The predicted octanol–water partition coefficient (Wildman–Crippen LogP) is 1.38. The maximum atomic E-state index is 5.45. The summed E-state index contributed by atoms with van der Waals surface area (Å²) in [6, 6.07) is 0. The van der Waals surface area contributed by atoms with Crippen molar-refractivity contribution < 1.29 is 4.74 Å². The zero-order chi connectivity index (χ0) is 19.7. The smallest absolute Gasteiger partial charge is 0.146 e. The number of piperidine rings is 1. The molecule has 0 N–H and O–H groups in total. The molecule has 4 heterocycles. The fourth-order valence-electron chi connectivity index (χ4n) is 4.36. The maximum absolute atomic E-state index is 5.45. The Kier molecular flexibility index (Phi) is 5.80. The van der Waals surface area contributed by atoms with E-state index in [1.165, 1.54) is 18.5 Å². The SMILES string of the molecule is Cc1nc(CN2CCC[C@@H](c3nnc(CN4CCOCC4)n3C)C2)n(C)c1C. The second kappa shape index (κ2) is 8.31. The Hall–Kier alpha value is -1.77. The van der Waals surface area contributed by atoms with Gasteiger partial charge in [-0.2, -0.15) is 0 Å². The fourth-order valence-corrected chi connectivity index (χ4v) is 4.36. The summed E-state index contributed by atoms with van der Waals surface area (Å²) in [5.41, 5.74) is 2.39. The van der Waals surface area contributed by atoms with Crippen molar-refractivity contribution in [1.29, 1.82) is 0 Å². The lowest BCUT2D eigenvalue weighted by molar-refractivity contribution is 0.0326. The summed E-state index contributed by atoms with van der Waals surface area (Å²) in [5, 5.41) is 9.11. The first-order valence-corrected chi connectivity index (χ1v) is 10.4. The van der Waals surface area contributed by atoms with Crippen molar-refractivity contribution in [2.24, 2.45) is 14.1 Å². The van der Waals surface area contributed by atoms with Gasteiger partial charge in [0.25, 0.3) is 0 Å². The molecule has 154 valence electrons. The van der Waals surface area contributed by atoms with Gasteiger partial charge in [-0.3, -0.25) is 9.80 Å². The number of imidazole rings is 1. The molecule has 1 atom stereocenters. The number of ether oxygens (including phenoxy) is 1. The molecule has 0 amide bonds. The Labute approximate surface area is 167 Å². The molecule has 8 heteroatoms. The number of aromatic nitrogens is 5. The number of hydrogen-bond acceptors (Lipinski definition) is 6. The Bertz CT molecular complexity index is 806. The van der Waals surface area contributed by atoms with E-state index in [1.807, 2.05) is 0 Å². The van der Waals surface area contributed by atoms with E-state index in [4.69, 9.17) is 9.72 Å². The summed E-state index contributed by atoms with van der Waals surface area (Å²) < 4.78 is 9.89. The molecule has 0 aliphatic carbocycles. The molecule has 2 fully saturated rings. The molecule has 4 rings (SSSR count). The summed E-state index contributed by atoms with van der Waals surface area (Å²) in [7, 11) is 4.24. The van der Waals surface area contributed by atoms with Crippen molar-refractivity contribution in [3.05, 3.63) is 28.9 Å². The first-order chi connectivity index (χ1) is 13.5. The highest BCUT2D eigenvalue weighted by atomic mass is 16.5. The van der Waals surface area contributed by atoms with Crippen molar-refractivity contribution >= 4 is 0 Å². The minimum atomic E-state index is 0.437. The Balaban J connectivity index is 1.42. The van der Waals surface area contributed by atoms with Gasteiger partial charge in [0, 0.05) is 45.3 Å². The molecule has 2 aliphatic heterocycles. The fraction of sp³-hybridized carbons (Fsp3) is 0.750. The third-order valence-corrected chi connectivity index (χ3v) is 6.41. The van der Waals surface area contributed by atoms with Crippen LogP contribution in [0.1, 0.15) is 47.6 Å². The van der Waals surface area contributed by atoms with Gasteiger partial charge < -0.3 is 13.9 Å². The summed E-state index contributed by atoms with van der Waals surface area (Å²) in [4.78, 5) is 9.68. The van der Waals surface area contributed by atoms with Crippen molar-refractivity contribution in [3.63, 3.8) is 0 Å². The third-order valence-electron chi connectivity index (χ3n) is 6.41. The first-order valence-electron chi connectivity index (χ1n) is 10.4. The van der Waals surface area contributed by atoms with Crippen LogP contribution in [0.15, 0.2) is 0 Å². The van der Waals surface area contributed by atoms with Gasteiger partial charge in [0.05, 0.1) is 32.0 Å². The van der Waals surface area contributed by atoms with E-state index in [9.17, 15) is 0 Å². The molecule has 0 unspecified atom stereocenters. The van der Waals surface area contributed by atoms with E-state index < -0.39 is 0 Å². The molecule has 2 aromatic heterocycles. The van der Waals surface area contributed by atoms with Crippen LogP contribution in [0.2, 0.25) is 0 Å². The Morgan fingerprint density at radius 3 is 2.39 bits per heavy atom. The molecule has 0 aromatic carbocycles. The van der Waals surface area contributed by atoms with Gasteiger partial charge in [-0.05, 0) is 33.2 Å². The lowest BCUT2D eigenvalue weighted by atomic mass is 9.97. The molecule has 2 aliphatic rings. The topological polar surface area (TPSA) is 64.2 Å². The number of hydrogen-bond donors (Lipinski definition) is 0. The molecular weight excluding hydrogens is 354 g/mol. The van der Waals surface area contributed by atoms with E-state index in [0.717, 1.165) is 75.6 Å². The lowest BCUT2D eigenvalue weighted by Gasteiger charge is -2.32. The number of morpholine rings is 1. The van der Waals surface area contributed by atoms with Crippen LogP contribution >= 0.6 is 0 Å². The van der Waals surface area contributed by atoms with Gasteiger partial charge in [-0.15, -0.1) is 10.2 Å². The molecule has 0 bridgehead atoms. The molecule has 2 saturated heterocycles. The van der Waals surface area contributed by atoms with Crippen molar-refractivity contribution in [2.75, 3.05) is 39.4 Å². The minimum Gasteiger partial charge on any atom is -0.379 e. The second-order valence-corrected chi connectivity index (χ2v) is 8.25. The van der Waals surface area contributed by atoms with E-state index in [2.05, 4.69) is 57.1 Å². The van der Waals surface area contributed by atoms with Crippen molar-refractivity contribution in [1.82, 2.24) is 34.1 Å². The summed E-state index contributed by atoms with van der Waals surface area (Å²) in [6.07, 6.45) is 2.37. The molecular formula is C20H33N7O. The molecule has 0 radical (unpaired) electrons. The van der Waals surface area contributed by atoms with E-state index in [0.29, 0.717) is 5.92 Å². The van der Waals surface area contributed by atoms with Crippen molar-refractivity contribution in [3.8, 4) is 0 Å². The quantitative estimate of drug-likeness (QED) is 0.772.